The maximum Gasteiger partial charge on any atom is 0.289 e. The van der Waals surface area contributed by atoms with Gasteiger partial charge >= 0.3 is 0 Å². The summed E-state index contributed by atoms with van der Waals surface area (Å²) >= 11 is 1.20. The third-order valence-corrected chi connectivity index (χ3v) is 5.09. The van der Waals surface area contributed by atoms with Gasteiger partial charge in [-0.1, -0.05) is 11.8 Å². The first-order valence-corrected chi connectivity index (χ1v) is 9.66. The van der Waals surface area contributed by atoms with Crippen molar-refractivity contribution >= 4 is 23.6 Å². The molecular weight excluding hydrogens is 382 g/mol. The SMILES string of the molecule is O=C(CSc1nnc(-c2cccnc2)o1)N1CCN(C(=O)c2ccco2)CC1. The topological polar surface area (TPSA) is 106 Å². The molecule has 0 radical (unpaired) electrons. The molecule has 3 aromatic heterocycles. The molecule has 2 amide bonds. The van der Waals surface area contributed by atoms with Crippen LogP contribution in [0.1, 0.15) is 10.6 Å². The lowest BCUT2D eigenvalue weighted by Gasteiger charge is -2.34. The third kappa shape index (κ3) is 4.06. The standard InChI is InChI=1S/C18H17N5O4S/c24-15(12-28-18-21-20-16(27-18)13-3-1-5-19-11-13)22-6-8-23(9-7-22)17(25)14-4-2-10-26-14/h1-5,10-11H,6-9,12H2. The maximum atomic E-state index is 12.4. The molecule has 0 N–H and O–H groups in total. The fourth-order valence-electron chi connectivity index (χ4n) is 2.80. The summed E-state index contributed by atoms with van der Waals surface area (Å²) in [5, 5.41) is 8.27. The zero-order chi connectivity index (χ0) is 19.3. The molecule has 0 unspecified atom stereocenters. The molecule has 1 aliphatic heterocycles. The van der Waals surface area contributed by atoms with Crippen molar-refractivity contribution in [3.63, 3.8) is 0 Å². The Bertz CT molecular complexity index is 936. The molecule has 28 heavy (non-hydrogen) atoms. The van der Waals surface area contributed by atoms with Gasteiger partial charge in [0.1, 0.15) is 0 Å². The van der Waals surface area contributed by atoms with Crippen LogP contribution in [-0.2, 0) is 4.79 Å². The van der Waals surface area contributed by atoms with Crippen LogP contribution in [0, 0.1) is 0 Å². The minimum Gasteiger partial charge on any atom is -0.459 e. The van der Waals surface area contributed by atoms with Crippen LogP contribution < -0.4 is 0 Å². The van der Waals surface area contributed by atoms with Gasteiger partial charge in [-0.3, -0.25) is 14.6 Å². The Labute approximate surface area is 164 Å². The van der Waals surface area contributed by atoms with E-state index >= 15 is 0 Å². The number of rotatable bonds is 5. The fraction of sp³-hybridized carbons (Fsp3) is 0.278. The second-order valence-corrected chi connectivity index (χ2v) is 6.98. The number of carbonyl (C=O) groups excluding carboxylic acids is 2. The van der Waals surface area contributed by atoms with Crippen molar-refractivity contribution in [3.8, 4) is 11.5 Å². The van der Waals surface area contributed by atoms with E-state index in [0.717, 1.165) is 5.56 Å². The molecule has 0 saturated carbocycles. The predicted octanol–water partition coefficient (Wildman–Crippen LogP) is 1.80. The van der Waals surface area contributed by atoms with Gasteiger partial charge in [0.25, 0.3) is 11.1 Å². The number of hydrogen-bond acceptors (Lipinski definition) is 8. The number of carbonyl (C=O) groups is 2. The number of nitrogens with zero attached hydrogens (tertiary/aromatic N) is 5. The molecule has 4 rings (SSSR count). The number of piperazine rings is 1. The molecule has 3 aromatic rings. The highest BCUT2D eigenvalue weighted by Gasteiger charge is 2.26. The van der Waals surface area contributed by atoms with Gasteiger partial charge in [0, 0.05) is 38.6 Å². The number of hydrogen-bond donors (Lipinski definition) is 0. The molecule has 1 fully saturated rings. The normalized spacial score (nSPS) is 14.3. The molecule has 9 nitrogen and oxygen atoms in total. The van der Waals surface area contributed by atoms with Gasteiger partial charge in [0.2, 0.25) is 11.8 Å². The number of amides is 2. The van der Waals surface area contributed by atoms with Gasteiger partial charge < -0.3 is 18.6 Å². The van der Waals surface area contributed by atoms with Crippen molar-refractivity contribution < 1.29 is 18.4 Å². The summed E-state index contributed by atoms with van der Waals surface area (Å²) in [7, 11) is 0. The molecule has 0 aromatic carbocycles. The van der Waals surface area contributed by atoms with E-state index in [1.165, 1.54) is 18.0 Å². The van der Waals surface area contributed by atoms with Crippen LogP contribution in [0.4, 0.5) is 0 Å². The second-order valence-electron chi connectivity index (χ2n) is 6.05. The molecule has 0 spiro atoms. The van der Waals surface area contributed by atoms with Gasteiger partial charge in [0.05, 0.1) is 17.6 Å². The number of thioether (sulfide) groups is 1. The van der Waals surface area contributed by atoms with E-state index in [1.54, 1.807) is 40.4 Å². The van der Waals surface area contributed by atoms with Crippen molar-refractivity contribution in [1.29, 1.82) is 0 Å². The lowest BCUT2D eigenvalue weighted by atomic mass is 10.3. The second kappa shape index (κ2) is 8.26. The zero-order valence-corrected chi connectivity index (χ0v) is 15.7. The molecule has 1 aliphatic rings. The highest BCUT2D eigenvalue weighted by molar-refractivity contribution is 7.99. The molecule has 144 valence electrons. The van der Waals surface area contributed by atoms with E-state index < -0.39 is 0 Å². The summed E-state index contributed by atoms with van der Waals surface area (Å²) in [5.74, 6) is 0.696. The van der Waals surface area contributed by atoms with Crippen molar-refractivity contribution in [2.24, 2.45) is 0 Å². The Hall–Kier alpha value is -3.14. The molecule has 4 heterocycles. The van der Waals surface area contributed by atoms with Gasteiger partial charge in [0.15, 0.2) is 5.76 Å². The Morgan fingerprint density at radius 3 is 2.61 bits per heavy atom. The molecule has 1 saturated heterocycles. The summed E-state index contributed by atoms with van der Waals surface area (Å²) in [6.45, 7) is 1.91. The van der Waals surface area contributed by atoms with Crippen molar-refractivity contribution in [2.75, 3.05) is 31.9 Å². The van der Waals surface area contributed by atoms with Crippen molar-refractivity contribution in [2.45, 2.75) is 5.22 Å². The Balaban J connectivity index is 1.26. The number of pyridine rings is 1. The molecule has 0 atom stereocenters. The first-order valence-electron chi connectivity index (χ1n) is 8.68. The molecular formula is C18H17N5O4S. The van der Waals surface area contributed by atoms with Crippen LogP contribution >= 0.6 is 11.8 Å². The van der Waals surface area contributed by atoms with Gasteiger partial charge in [-0.15, -0.1) is 10.2 Å². The summed E-state index contributed by atoms with van der Waals surface area (Å²) in [5.41, 5.74) is 0.727. The summed E-state index contributed by atoms with van der Waals surface area (Å²) in [4.78, 5) is 32.1. The minimum atomic E-state index is -0.153. The average Bonchev–Trinajstić information content (AvgIpc) is 3.44. The average molecular weight is 399 g/mol. The van der Waals surface area contributed by atoms with E-state index in [1.807, 2.05) is 6.07 Å². The van der Waals surface area contributed by atoms with Crippen LogP contribution in [0.15, 0.2) is 57.0 Å². The Morgan fingerprint density at radius 1 is 1.07 bits per heavy atom. The van der Waals surface area contributed by atoms with Crippen LogP contribution in [0.2, 0.25) is 0 Å². The highest BCUT2D eigenvalue weighted by Crippen LogP contribution is 2.22. The molecule has 10 heteroatoms. The molecule has 0 bridgehead atoms. The Kier molecular flexibility index (Phi) is 5.38. The fourth-order valence-corrected chi connectivity index (χ4v) is 3.47. The smallest absolute Gasteiger partial charge is 0.289 e. The van der Waals surface area contributed by atoms with Gasteiger partial charge in [-0.2, -0.15) is 0 Å². The van der Waals surface area contributed by atoms with E-state index in [0.29, 0.717) is 43.1 Å². The van der Waals surface area contributed by atoms with Crippen LogP contribution in [0.25, 0.3) is 11.5 Å². The summed E-state index contributed by atoms with van der Waals surface area (Å²) in [6.07, 6.45) is 4.77. The van der Waals surface area contributed by atoms with Crippen molar-refractivity contribution in [1.82, 2.24) is 25.0 Å². The van der Waals surface area contributed by atoms with Crippen LogP contribution in [0.3, 0.4) is 0 Å². The minimum absolute atomic E-state index is 0.0313. The Morgan fingerprint density at radius 2 is 1.89 bits per heavy atom. The largest absolute Gasteiger partial charge is 0.459 e. The lowest BCUT2D eigenvalue weighted by molar-refractivity contribution is -0.129. The molecule has 0 aliphatic carbocycles. The predicted molar refractivity (Wildman–Crippen MR) is 99.4 cm³/mol. The van der Waals surface area contributed by atoms with E-state index in [9.17, 15) is 9.59 Å². The zero-order valence-electron chi connectivity index (χ0n) is 14.9. The summed E-state index contributed by atoms with van der Waals surface area (Å²) < 4.78 is 10.7. The van der Waals surface area contributed by atoms with E-state index in [4.69, 9.17) is 8.83 Å². The maximum absolute atomic E-state index is 12.4. The van der Waals surface area contributed by atoms with Crippen LogP contribution in [-0.4, -0.2) is 68.7 Å². The van der Waals surface area contributed by atoms with E-state index in [2.05, 4.69) is 15.2 Å². The quantitative estimate of drug-likeness (QED) is 0.598. The number of furan rings is 1. The van der Waals surface area contributed by atoms with Gasteiger partial charge in [-0.05, 0) is 24.3 Å². The third-order valence-electron chi connectivity index (χ3n) is 4.29. The van der Waals surface area contributed by atoms with Crippen molar-refractivity contribution in [3.05, 3.63) is 48.7 Å². The first-order chi connectivity index (χ1) is 13.7. The lowest BCUT2D eigenvalue weighted by Crippen LogP contribution is -2.51. The number of aromatic nitrogens is 3. The van der Waals surface area contributed by atoms with Crippen LogP contribution in [0.5, 0.6) is 0 Å². The monoisotopic (exact) mass is 399 g/mol. The highest BCUT2D eigenvalue weighted by atomic mass is 32.2. The first kappa shape index (κ1) is 18.2. The van der Waals surface area contributed by atoms with E-state index in [-0.39, 0.29) is 17.6 Å². The van der Waals surface area contributed by atoms with Gasteiger partial charge in [-0.25, -0.2) is 0 Å². The summed E-state index contributed by atoms with van der Waals surface area (Å²) in [6, 6.07) is 6.93.